The van der Waals surface area contributed by atoms with Crippen molar-refractivity contribution in [2.75, 3.05) is 24.7 Å². The van der Waals surface area contributed by atoms with E-state index in [1.54, 1.807) is 16.7 Å². The van der Waals surface area contributed by atoms with Crippen molar-refractivity contribution in [1.29, 1.82) is 0 Å². The molecule has 2 aromatic carbocycles. The third-order valence-electron chi connectivity index (χ3n) is 3.95. The van der Waals surface area contributed by atoms with E-state index in [0.29, 0.717) is 11.3 Å². The molecule has 0 bridgehead atoms. The molecule has 5 heteroatoms. The lowest BCUT2D eigenvalue weighted by molar-refractivity contribution is -0.113. The predicted molar refractivity (Wildman–Crippen MR) is 110 cm³/mol. The van der Waals surface area contributed by atoms with Gasteiger partial charge in [0.05, 0.1) is 5.75 Å². The Morgan fingerprint density at radius 3 is 2.38 bits per heavy atom. The minimum Gasteiger partial charge on any atom is -0.342 e. The summed E-state index contributed by atoms with van der Waals surface area (Å²) in [6.07, 6.45) is 2.09. The summed E-state index contributed by atoms with van der Waals surface area (Å²) in [6.45, 7) is 2.90. The second-order valence-corrected chi connectivity index (χ2v) is 7.17. The van der Waals surface area contributed by atoms with Crippen LogP contribution in [0.2, 0.25) is 0 Å². The summed E-state index contributed by atoms with van der Waals surface area (Å²) in [5.41, 5.74) is 2.63. The van der Waals surface area contributed by atoms with Gasteiger partial charge in [-0.15, -0.1) is 11.8 Å². The molecule has 4 nitrogen and oxygen atoms in total. The van der Waals surface area contributed by atoms with Gasteiger partial charge in [0, 0.05) is 30.6 Å². The maximum Gasteiger partial charge on any atom is 0.253 e. The molecule has 0 unspecified atom stereocenters. The van der Waals surface area contributed by atoms with Crippen LogP contribution in [0.25, 0.3) is 0 Å². The number of carbonyl (C=O) groups excluding carboxylic acids is 2. The van der Waals surface area contributed by atoms with Gasteiger partial charge < -0.3 is 10.2 Å². The van der Waals surface area contributed by atoms with E-state index in [-0.39, 0.29) is 11.8 Å². The van der Waals surface area contributed by atoms with E-state index in [0.717, 1.165) is 36.4 Å². The number of benzene rings is 2. The van der Waals surface area contributed by atoms with Crippen LogP contribution >= 0.6 is 11.8 Å². The molecule has 2 amide bonds. The number of carbonyl (C=O) groups is 2. The first-order chi connectivity index (χ1) is 12.6. The van der Waals surface area contributed by atoms with Crippen molar-refractivity contribution in [2.45, 2.75) is 25.5 Å². The van der Waals surface area contributed by atoms with Crippen molar-refractivity contribution in [3.63, 3.8) is 0 Å². The van der Waals surface area contributed by atoms with Crippen molar-refractivity contribution < 1.29 is 9.59 Å². The first-order valence-electron chi connectivity index (χ1n) is 8.87. The summed E-state index contributed by atoms with van der Waals surface area (Å²) in [6, 6.07) is 17.1. The molecule has 0 aliphatic carbocycles. The average Bonchev–Trinajstić information content (AvgIpc) is 2.67. The number of nitrogens with zero attached hydrogens (tertiary/aromatic N) is 1. The Morgan fingerprint density at radius 2 is 1.73 bits per heavy atom. The van der Waals surface area contributed by atoms with Gasteiger partial charge in [0.15, 0.2) is 0 Å². The van der Waals surface area contributed by atoms with Crippen molar-refractivity contribution in [2.24, 2.45) is 0 Å². The van der Waals surface area contributed by atoms with E-state index in [1.165, 1.54) is 0 Å². The maximum absolute atomic E-state index is 12.3. The zero-order chi connectivity index (χ0) is 18.8. The van der Waals surface area contributed by atoms with Crippen molar-refractivity contribution in [3.05, 3.63) is 65.7 Å². The maximum atomic E-state index is 12.3. The third kappa shape index (κ3) is 6.56. The Hall–Kier alpha value is -2.27. The van der Waals surface area contributed by atoms with Crippen LogP contribution in [-0.4, -0.2) is 36.1 Å². The van der Waals surface area contributed by atoms with Crippen LogP contribution in [0.1, 0.15) is 35.7 Å². The number of unbranched alkanes of at least 4 members (excludes halogenated alkanes) is 1. The summed E-state index contributed by atoms with van der Waals surface area (Å²) < 4.78 is 0. The zero-order valence-electron chi connectivity index (χ0n) is 15.4. The van der Waals surface area contributed by atoms with Crippen LogP contribution in [0.5, 0.6) is 0 Å². The average molecular weight is 371 g/mol. The van der Waals surface area contributed by atoms with Crippen LogP contribution < -0.4 is 5.32 Å². The van der Waals surface area contributed by atoms with E-state index in [4.69, 9.17) is 0 Å². The van der Waals surface area contributed by atoms with Crippen LogP contribution in [0.15, 0.2) is 54.6 Å². The van der Waals surface area contributed by atoms with E-state index < -0.39 is 0 Å². The van der Waals surface area contributed by atoms with Crippen LogP contribution in [0.4, 0.5) is 5.69 Å². The highest BCUT2D eigenvalue weighted by atomic mass is 32.2. The first-order valence-corrected chi connectivity index (χ1v) is 10.0. The highest BCUT2D eigenvalue weighted by Crippen LogP contribution is 2.15. The van der Waals surface area contributed by atoms with Crippen LogP contribution in [-0.2, 0) is 10.5 Å². The predicted octanol–water partition coefficient (Wildman–Crippen LogP) is 4.43. The van der Waals surface area contributed by atoms with Gasteiger partial charge in [-0.2, -0.15) is 0 Å². The number of thioether (sulfide) groups is 1. The quantitative estimate of drug-likeness (QED) is 0.710. The smallest absolute Gasteiger partial charge is 0.253 e. The highest BCUT2D eigenvalue weighted by Gasteiger charge is 2.11. The number of para-hydroxylation sites is 1. The van der Waals surface area contributed by atoms with Crippen molar-refractivity contribution in [1.82, 2.24) is 4.90 Å². The van der Waals surface area contributed by atoms with Gasteiger partial charge in [0.25, 0.3) is 5.91 Å². The first kappa shape index (κ1) is 20.0. The molecule has 0 aliphatic rings. The SMILES string of the molecule is CCCCN(C)C(=O)c1ccc(CSCC(=O)Nc2ccccc2)cc1. The second-order valence-electron chi connectivity index (χ2n) is 6.18. The van der Waals surface area contributed by atoms with E-state index in [2.05, 4.69) is 12.2 Å². The zero-order valence-corrected chi connectivity index (χ0v) is 16.2. The molecular formula is C21H26N2O2S. The molecule has 0 saturated carbocycles. The Morgan fingerprint density at radius 1 is 1.04 bits per heavy atom. The normalized spacial score (nSPS) is 10.4. The molecule has 0 heterocycles. The largest absolute Gasteiger partial charge is 0.342 e. The summed E-state index contributed by atoms with van der Waals surface area (Å²) >= 11 is 1.56. The topological polar surface area (TPSA) is 49.4 Å². The second kappa shape index (κ2) is 10.7. The summed E-state index contributed by atoms with van der Waals surface area (Å²) in [7, 11) is 1.84. The van der Waals surface area contributed by atoms with Gasteiger partial charge in [0.1, 0.15) is 0 Å². The van der Waals surface area contributed by atoms with Gasteiger partial charge in [0.2, 0.25) is 5.91 Å². The molecule has 138 valence electrons. The molecule has 0 atom stereocenters. The minimum atomic E-state index is -0.00875. The molecule has 0 aromatic heterocycles. The monoisotopic (exact) mass is 370 g/mol. The van der Waals surface area contributed by atoms with E-state index in [1.807, 2.05) is 61.6 Å². The molecular weight excluding hydrogens is 344 g/mol. The Bertz CT molecular complexity index is 702. The van der Waals surface area contributed by atoms with Gasteiger partial charge in [-0.3, -0.25) is 9.59 Å². The summed E-state index contributed by atoms with van der Waals surface area (Å²) in [5, 5.41) is 2.87. The number of hydrogen-bond donors (Lipinski definition) is 1. The molecule has 0 aliphatic heterocycles. The Balaban J connectivity index is 1.76. The molecule has 0 saturated heterocycles. The van der Waals surface area contributed by atoms with Gasteiger partial charge in [-0.05, 0) is 36.2 Å². The number of nitrogens with one attached hydrogen (secondary N) is 1. The number of amides is 2. The molecule has 0 fully saturated rings. The lowest BCUT2D eigenvalue weighted by atomic mass is 10.1. The van der Waals surface area contributed by atoms with Crippen LogP contribution in [0.3, 0.4) is 0 Å². The molecule has 2 aromatic rings. The fraction of sp³-hybridized carbons (Fsp3) is 0.333. The fourth-order valence-electron chi connectivity index (χ4n) is 2.44. The van der Waals surface area contributed by atoms with E-state index >= 15 is 0 Å². The Labute approximate surface area is 160 Å². The van der Waals surface area contributed by atoms with Crippen LogP contribution in [0, 0.1) is 0 Å². The minimum absolute atomic E-state index is 0.00875. The third-order valence-corrected chi connectivity index (χ3v) is 4.96. The van der Waals surface area contributed by atoms with Gasteiger partial charge in [-0.1, -0.05) is 43.7 Å². The fourth-order valence-corrected chi connectivity index (χ4v) is 3.23. The molecule has 2 rings (SSSR count). The summed E-state index contributed by atoms with van der Waals surface area (Å²) in [4.78, 5) is 26.0. The molecule has 0 spiro atoms. The van der Waals surface area contributed by atoms with E-state index in [9.17, 15) is 9.59 Å². The highest BCUT2D eigenvalue weighted by molar-refractivity contribution is 7.99. The molecule has 1 N–H and O–H groups in total. The Kier molecular flexibility index (Phi) is 8.22. The molecule has 0 radical (unpaired) electrons. The number of anilines is 1. The molecule has 26 heavy (non-hydrogen) atoms. The lowest BCUT2D eigenvalue weighted by Gasteiger charge is -2.16. The van der Waals surface area contributed by atoms with Crippen molar-refractivity contribution >= 4 is 29.3 Å². The number of rotatable bonds is 9. The standard InChI is InChI=1S/C21H26N2O2S/c1-3-4-14-23(2)21(25)18-12-10-17(11-13-18)15-26-16-20(24)22-19-8-6-5-7-9-19/h5-13H,3-4,14-16H2,1-2H3,(H,22,24). The van der Waals surface area contributed by atoms with Crippen molar-refractivity contribution in [3.8, 4) is 0 Å². The van der Waals surface area contributed by atoms with Gasteiger partial charge >= 0.3 is 0 Å². The summed E-state index contributed by atoms with van der Waals surface area (Å²) in [5.74, 6) is 1.18. The number of hydrogen-bond acceptors (Lipinski definition) is 3. The lowest BCUT2D eigenvalue weighted by Crippen LogP contribution is -2.27. The van der Waals surface area contributed by atoms with Gasteiger partial charge in [-0.25, -0.2) is 0 Å².